The Morgan fingerprint density at radius 2 is 2.08 bits per heavy atom. The summed E-state index contributed by atoms with van der Waals surface area (Å²) in [4.78, 5) is 25.2. The number of hydroxylamine groups is 3. The second kappa shape index (κ2) is 5.28. The predicted octanol–water partition coefficient (Wildman–Crippen LogP) is 1.45. The van der Waals surface area contributed by atoms with Gasteiger partial charge in [0.15, 0.2) is 17.7 Å². The van der Waals surface area contributed by atoms with Crippen molar-refractivity contribution in [2.45, 2.75) is 63.4 Å². The SMILES string of the molecule is CC1CC2(C)CC(=O)OC3CC[N+]4([O-])CC=C(COC(=O)C1(C)O2)C34. The van der Waals surface area contributed by atoms with Crippen LogP contribution in [0.4, 0.5) is 0 Å². The molecule has 0 N–H and O–H groups in total. The molecule has 0 saturated carbocycles. The fourth-order valence-electron chi connectivity index (χ4n) is 5.01. The van der Waals surface area contributed by atoms with Gasteiger partial charge in [0.2, 0.25) is 0 Å². The van der Waals surface area contributed by atoms with Crippen LogP contribution in [0.2, 0.25) is 0 Å². The van der Waals surface area contributed by atoms with Crippen LogP contribution in [0, 0.1) is 11.1 Å². The zero-order valence-corrected chi connectivity index (χ0v) is 14.9. The van der Waals surface area contributed by atoms with Crippen LogP contribution < -0.4 is 0 Å². The number of hydrogen-bond acceptors (Lipinski definition) is 6. The lowest BCUT2D eigenvalue weighted by Gasteiger charge is -2.41. The summed E-state index contributed by atoms with van der Waals surface area (Å²) in [5.41, 5.74) is -1.10. The summed E-state index contributed by atoms with van der Waals surface area (Å²) >= 11 is 0. The Labute approximate surface area is 147 Å². The zero-order valence-electron chi connectivity index (χ0n) is 14.9. The van der Waals surface area contributed by atoms with E-state index in [2.05, 4.69) is 0 Å². The van der Waals surface area contributed by atoms with E-state index in [-0.39, 0.29) is 24.9 Å². The van der Waals surface area contributed by atoms with Crippen molar-refractivity contribution in [1.82, 2.24) is 0 Å². The molecule has 2 bridgehead atoms. The number of rotatable bonds is 0. The summed E-state index contributed by atoms with van der Waals surface area (Å²) in [7, 11) is 0. The Hall–Kier alpha value is -1.44. The number of hydrogen-bond donors (Lipinski definition) is 0. The van der Waals surface area contributed by atoms with Gasteiger partial charge in [0, 0.05) is 12.0 Å². The van der Waals surface area contributed by atoms with Crippen molar-refractivity contribution in [2.24, 2.45) is 5.92 Å². The Balaban J connectivity index is 1.67. The number of carbonyl (C=O) groups is 2. The van der Waals surface area contributed by atoms with Gasteiger partial charge in [-0.1, -0.05) is 6.92 Å². The lowest BCUT2D eigenvalue weighted by Crippen LogP contribution is -2.49. The van der Waals surface area contributed by atoms with Gasteiger partial charge in [0.1, 0.15) is 6.61 Å². The minimum absolute atomic E-state index is 0.0577. The van der Waals surface area contributed by atoms with E-state index in [9.17, 15) is 14.8 Å². The molecular weight excluding hydrogens is 326 g/mol. The van der Waals surface area contributed by atoms with Crippen LogP contribution in [0.25, 0.3) is 0 Å². The van der Waals surface area contributed by atoms with Gasteiger partial charge in [0.05, 0.1) is 25.1 Å². The van der Waals surface area contributed by atoms with Crippen LogP contribution in [-0.4, -0.2) is 59.6 Å². The summed E-state index contributed by atoms with van der Waals surface area (Å²) in [5.74, 6) is -0.869. The van der Waals surface area contributed by atoms with Crippen LogP contribution in [0.3, 0.4) is 0 Å². The van der Waals surface area contributed by atoms with Crippen LogP contribution in [-0.2, 0) is 23.8 Å². The molecule has 0 aromatic rings. The standard InChI is InChI=1S/C18H25NO6/c1-11-8-17(2)9-14(20)24-13-5-7-19(22)6-4-12(15(13)19)10-23-16(21)18(11,3)25-17/h4,11,13,15H,5-10H2,1-3H3. The number of nitrogens with zero attached hydrogens (tertiary/aromatic N) is 1. The third kappa shape index (κ3) is 2.52. The van der Waals surface area contributed by atoms with Crippen molar-refractivity contribution >= 4 is 11.9 Å². The third-order valence-corrected chi connectivity index (χ3v) is 6.41. The second-order valence-corrected chi connectivity index (χ2v) is 8.42. The van der Waals surface area contributed by atoms with E-state index in [1.165, 1.54) is 0 Å². The number of fused-ring (bicyclic) bond motifs is 2. The van der Waals surface area contributed by atoms with Crippen molar-refractivity contribution in [3.8, 4) is 0 Å². The highest BCUT2D eigenvalue weighted by atomic mass is 16.6. The summed E-state index contributed by atoms with van der Waals surface area (Å²) in [5, 5.41) is 12.9. The second-order valence-electron chi connectivity index (χ2n) is 8.42. The maximum atomic E-state index is 12.9. The molecule has 25 heavy (non-hydrogen) atoms. The average molecular weight is 351 g/mol. The lowest BCUT2D eigenvalue weighted by atomic mass is 9.86. The largest absolute Gasteiger partial charge is 0.632 e. The Bertz CT molecular complexity index is 662. The monoisotopic (exact) mass is 351 g/mol. The summed E-state index contributed by atoms with van der Waals surface area (Å²) < 4.78 is 16.9. The number of ether oxygens (including phenoxy) is 3. The highest BCUT2D eigenvalue weighted by molar-refractivity contribution is 5.80. The molecule has 6 atom stereocenters. The molecule has 0 spiro atoms. The minimum Gasteiger partial charge on any atom is -0.632 e. The zero-order chi connectivity index (χ0) is 18.0. The van der Waals surface area contributed by atoms with Crippen LogP contribution in [0.15, 0.2) is 11.6 Å². The van der Waals surface area contributed by atoms with E-state index >= 15 is 0 Å². The molecule has 138 valence electrons. The highest BCUT2D eigenvalue weighted by Gasteiger charge is 2.57. The lowest BCUT2D eigenvalue weighted by molar-refractivity contribution is -0.877. The Morgan fingerprint density at radius 1 is 1.32 bits per heavy atom. The average Bonchev–Trinajstić information content (AvgIpc) is 3.07. The molecule has 0 aromatic heterocycles. The van der Waals surface area contributed by atoms with Crippen molar-refractivity contribution in [3.05, 3.63) is 16.9 Å². The number of carbonyl (C=O) groups excluding carboxylic acids is 2. The quantitative estimate of drug-likeness (QED) is 0.284. The van der Waals surface area contributed by atoms with Crippen molar-refractivity contribution in [2.75, 3.05) is 19.7 Å². The molecule has 0 amide bonds. The van der Waals surface area contributed by atoms with Gasteiger partial charge in [-0.2, -0.15) is 0 Å². The van der Waals surface area contributed by atoms with Crippen LogP contribution in [0.5, 0.6) is 0 Å². The molecule has 4 aliphatic heterocycles. The summed E-state index contributed by atoms with van der Waals surface area (Å²) in [6.07, 6.45) is 2.57. The fraction of sp³-hybridized carbons (Fsp3) is 0.778. The Kier molecular flexibility index (Phi) is 3.59. The summed E-state index contributed by atoms with van der Waals surface area (Å²) in [6.45, 7) is 6.30. The van der Waals surface area contributed by atoms with Gasteiger partial charge in [-0.3, -0.25) is 4.79 Å². The van der Waals surface area contributed by atoms with E-state index in [1.54, 1.807) is 6.92 Å². The molecule has 0 radical (unpaired) electrons. The molecule has 4 aliphatic rings. The van der Waals surface area contributed by atoms with Crippen molar-refractivity contribution in [1.29, 1.82) is 0 Å². The van der Waals surface area contributed by atoms with E-state index in [0.717, 1.165) is 5.57 Å². The maximum absolute atomic E-state index is 12.9. The summed E-state index contributed by atoms with van der Waals surface area (Å²) in [6, 6.07) is -0.451. The van der Waals surface area contributed by atoms with Gasteiger partial charge >= 0.3 is 11.9 Å². The van der Waals surface area contributed by atoms with Gasteiger partial charge in [-0.05, 0) is 32.3 Å². The normalized spacial score (nSPS) is 49.6. The molecule has 0 aromatic carbocycles. The fourth-order valence-corrected chi connectivity index (χ4v) is 5.01. The van der Waals surface area contributed by atoms with Crippen LogP contribution in [0.1, 0.15) is 40.0 Å². The van der Waals surface area contributed by atoms with Gasteiger partial charge in [0.25, 0.3) is 0 Å². The van der Waals surface area contributed by atoms with E-state index in [4.69, 9.17) is 14.2 Å². The molecule has 4 heterocycles. The topological polar surface area (TPSA) is 84.9 Å². The first-order valence-electron chi connectivity index (χ1n) is 8.99. The Morgan fingerprint density at radius 3 is 2.84 bits per heavy atom. The number of quaternary nitrogens is 1. The smallest absolute Gasteiger partial charge is 0.338 e. The first-order chi connectivity index (χ1) is 11.7. The van der Waals surface area contributed by atoms with Gasteiger partial charge < -0.3 is 24.1 Å². The molecule has 3 fully saturated rings. The van der Waals surface area contributed by atoms with Crippen LogP contribution >= 0.6 is 0 Å². The van der Waals surface area contributed by atoms with Gasteiger partial charge in [-0.15, -0.1) is 0 Å². The molecule has 6 unspecified atom stereocenters. The van der Waals surface area contributed by atoms with Gasteiger partial charge in [-0.25, -0.2) is 4.79 Å². The molecule has 3 saturated heterocycles. The third-order valence-electron chi connectivity index (χ3n) is 6.41. The molecule has 7 heteroatoms. The molecule has 4 rings (SSSR count). The maximum Gasteiger partial charge on any atom is 0.338 e. The van der Waals surface area contributed by atoms with E-state index < -0.39 is 34.0 Å². The minimum atomic E-state index is -1.09. The van der Waals surface area contributed by atoms with E-state index in [0.29, 0.717) is 25.9 Å². The van der Waals surface area contributed by atoms with Crippen molar-refractivity contribution in [3.63, 3.8) is 0 Å². The number of cyclic esters (lactones) is 1. The number of esters is 2. The highest BCUT2D eigenvalue weighted by Crippen LogP contribution is 2.46. The van der Waals surface area contributed by atoms with E-state index in [1.807, 2.05) is 19.9 Å². The predicted molar refractivity (Wildman–Crippen MR) is 87.0 cm³/mol. The molecule has 7 nitrogen and oxygen atoms in total. The van der Waals surface area contributed by atoms with Crippen molar-refractivity contribution < 1.29 is 28.4 Å². The first-order valence-corrected chi connectivity index (χ1v) is 8.99. The molecular formula is C18H25NO6. The first kappa shape index (κ1) is 17.0. The molecule has 0 aliphatic carbocycles.